The molecule has 2 N–H and O–H groups in total. The summed E-state index contributed by atoms with van der Waals surface area (Å²) in [5.41, 5.74) is 4.66. The maximum absolute atomic E-state index is 12.4. The first-order valence-electron chi connectivity index (χ1n) is 6.78. The first kappa shape index (κ1) is 12.9. The zero-order valence-corrected chi connectivity index (χ0v) is 11.7. The molecule has 2 heterocycles. The van der Waals surface area contributed by atoms with Gasteiger partial charge in [-0.25, -0.2) is 0 Å². The highest BCUT2D eigenvalue weighted by atomic mass is 16.2. The summed E-state index contributed by atoms with van der Waals surface area (Å²) in [7, 11) is 1.90. The normalized spacial score (nSPS) is 13.9. The van der Waals surface area contributed by atoms with Crippen LogP contribution in [0, 0.1) is 6.92 Å². The lowest BCUT2D eigenvalue weighted by Gasteiger charge is -2.14. The highest BCUT2D eigenvalue weighted by molar-refractivity contribution is 6.04. The zero-order chi connectivity index (χ0) is 14.1. The summed E-state index contributed by atoms with van der Waals surface area (Å²) in [5, 5.41) is 10.6. The third kappa shape index (κ3) is 2.32. The molecule has 0 saturated heterocycles. The van der Waals surface area contributed by atoms with E-state index in [2.05, 4.69) is 15.7 Å². The van der Waals surface area contributed by atoms with Crippen LogP contribution in [-0.2, 0) is 20.0 Å². The molecule has 5 nitrogen and oxygen atoms in total. The second-order valence-corrected chi connectivity index (χ2v) is 5.14. The number of nitrogens with zero attached hydrogens (tertiary/aromatic N) is 2. The smallest absolute Gasteiger partial charge is 0.276 e. The number of aromatic nitrogens is 2. The summed E-state index contributed by atoms with van der Waals surface area (Å²) in [6.45, 7) is 3.66. The van der Waals surface area contributed by atoms with Gasteiger partial charge in [-0.1, -0.05) is 17.7 Å². The molecule has 2 aromatic rings. The molecule has 0 saturated carbocycles. The van der Waals surface area contributed by atoms with E-state index in [1.807, 2.05) is 42.9 Å². The van der Waals surface area contributed by atoms with Crippen molar-refractivity contribution in [2.75, 3.05) is 11.9 Å². The Morgan fingerprint density at radius 1 is 1.35 bits per heavy atom. The van der Waals surface area contributed by atoms with Gasteiger partial charge < -0.3 is 10.6 Å². The van der Waals surface area contributed by atoms with Crippen LogP contribution >= 0.6 is 0 Å². The largest absolute Gasteiger partial charge is 0.321 e. The summed E-state index contributed by atoms with van der Waals surface area (Å²) in [4.78, 5) is 12.4. The van der Waals surface area contributed by atoms with Crippen LogP contribution in [0.1, 0.15) is 27.3 Å². The van der Waals surface area contributed by atoms with Crippen molar-refractivity contribution in [3.05, 3.63) is 46.8 Å². The van der Waals surface area contributed by atoms with Crippen molar-refractivity contribution in [2.24, 2.45) is 7.05 Å². The average molecular weight is 270 g/mol. The van der Waals surface area contributed by atoms with Gasteiger partial charge >= 0.3 is 0 Å². The lowest BCUT2D eigenvalue weighted by molar-refractivity contribution is 0.102. The lowest BCUT2D eigenvalue weighted by Crippen LogP contribution is -2.26. The van der Waals surface area contributed by atoms with E-state index in [9.17, 15) is 4.79 Å². The van der Waals surface area contributed by atoms with Crippen LogP contribution in [0.15, 0.2) is 24.3 Å². The fourth-order valence-electron chi connectivity index (χ4n) is 2.53. The highest BCUT2D eigenvalue weighted by Gasteiger charge is 2.23. The minimum absolute atomic E-state index is 0.144. The number of benzene rings is 1. The van der Waals surface area contributed by atoms with Crippen LogP contribution in [0.3, 0.4) is 0 Å². The van der Waals surface area contributed by atoms with Gasteiger partial charge in [-0.2, -0.15) is 5.10 Å². The monoisotopic (exact) mass is 270 g/mol. The van der Waals surface area contributed by atoms with Crippen LogP contribution in [0.4, 0.5) is 5.69 Å². The van der Waals surface area contributed by atoms with E-state index in [4.69, 9.17) is 0 Å². The van der Waals surface area contributed by atoms with E-state index in [-0.39, 0.29) is 5.91 Å². The maximum Gasteiger partial charge on any atom is 0.276 e. The molecule has 1 aromatic carbocycles. The van der Waals surface area contributed by atoms with Gasteiger partial charge in [0.25, 0.3) is 5.91 Å². The van der Waals surface area contributed by atoms with Crippen molar-refractivity contribution in [2.45, 2.75) is 19.9 Å². The van der Waals surface area contributed by atoms with E-state index < -0.39 is 0 Å². The topological polar surface area (TPSA) is 59.0 Å². The van der Waals surface area contributed by atoms with Crippen molar-refractivity contribution < 1.29 is 4.79 Å². The summed E-state index contributed by atoms with van der Waals surface area (Å²) >= 11 is 0. The number of hydrogen-bond acceptors (Lipinski definition) is 3. The number of anilines is 1. The summed E-state index contributed by atoms with van der Waals surface area (Å²) in [5.74, 6) is -0.144. The Balaban J connectivity index is 1.86. The van der Waals surface area contributed by atoms with Gasteiger partial charge in [0.2, 0.25) is 0 Å². The standard InChI is InChI=1S/C15H18N4O/c1-10-3-5-11(6-4-10)17-15(20)14-12-9-16-8-7-13(12)19(2)18-14/h3-6,16H,7-9H2,1-2H3,(H,17,20). The van der Waals surface area contributed by atoms with Crippen LogP contribution in [0.25, 0.3) is 0 Å². The molecule has 1 aliphatic heterocycles. The average Bonchev–Trinajstić information content (AvgIpc) is 2.79. The van der Waals surface area contributed by atoms with E-state index in [0.29, 0.717) is 12.2 Å². The first-order valence-corrected chi connectivity index (χ1v) is 6.78. The number of aryl methyl sites for hydroxylation is 2. The predicted octanol–water partition coefficient (Wildman–Crippen LogP) is 1.63. The molecule has 0 spiro atoms. The molecule has 5 heteroatoms. The molecule has 0 fully saturated rings. The number of rotatable bonds is 2. The van der Waals surface area contributed by atoms with Crippen LogP contribution in [0.5, 0.6) is 0 Å². The van der Waals surface area contributed by atoms with Crippen molar-refractivity contribution in [1.82, 2.24) is 15.1 Å². The Morgan fingerprint density at radius 2 is 2.10 bits per heavy atom. The second kappa shape index (κ2) is 5.09. The Hall–Kier alpha value is -2.14. The number of carbonyl (C=O) groups excluding carboxylic acids is 1. The molecule has 0 unspecified atom stereocenters. The van der Waals surface area contributed by atoms with Gasteiger partial charge in [0.1, 0.15) is 0 Å². The Labute approximate surface area is 118 Å². The number of hydrogen-bond donors (Lipinski definition) is 2. The SMILES string of the molecule is Cc1ccc(NC(=O)c2nn(C)c3c2CNCC3)cc1. The molecule has 3 rings (SSSR count). The summed E-state index contributed by atoms with van der Waals surface area (Å²) < 4.78 is 1.82. The molecule has 104 valence electrons. The first-order chi connectivity index (χ1) is 9.65. The van der Waals surface area contributed by atoms with E-state index in [1.54, 1.807) is 0 Å². The summed E-state index contributed by atoms with van der Waals surface area (Å²) in [6.07, 6.45) is 0.913. The van der Waals surface area contributed by atoms with Gasteiger partial charge in [0.05, 0.1) is 0 Å². The molecular weight excluding hydrogens is 252 g/mol. The molecule has 0 atom stereocenters. The zero-order valence-electron chi connectivity index (χ0n) is 11.7. The molecule has 1 aliphatic rings. The van der Waals surface area contributed by atoms with Gasteiger partial charge in [0, 0.05) is 43.5 Å². The Bertz CT molecular complexity index is 643. The van der Waals surface area contributed by atoms with E-state index in [1.165, 1.54) is 5.56 Å². The molecule has 20 heavy (non-hydrogen) atoms. The number of nitrogens with one attached hydrogen (secondary N) is 2. The molecule has 1 amide bonds. The van der Waals surface area contributed by atoms with Gasteiger partial charge in [-0.05, 0) is 19.1 Å². The number of carbonyl (C=O) groups is 1. The number of amides is 1. The second-order valence-electron chi connectivity index (χ2n) is 5.14. The van der Waals surface area contributed by atoms with Gasteiger partial charge in [0.15, 0.2) is 5.69 Å². The minimum atomic E-state index is -0.144. The van der Waals surface area contributed by atoms with Crippen LogP contribution in [-0.4, -0.2) is 22.2 Å². The quantitative estimate of drug-likeness (QED) is 0.872. The molecule has 0 aliphatic carbocycles. The van der Waals surface area contributed by atoms with Crippen molar-refractivity contribution in [3.8, 4) is 0 Å². The third-order valence-electron chi connectivity index (χ3n) is 3.64. The van der Waals surface area contributed by atoms with Crippen molar-refractivity contribution in [1.29, 1.82) is 0 Å². The highest BCUT2D eigenvalue weighted by Crippen LogP contribution is 2.19. The van der Waals surface area contributed by atoms with E-state index in [0.717, 1.165) is 29.9 Å². The molecular formula is C15H18N4O. The molecule has 1 aromatic heterocycles. The molecule has 0 bridgehead atoms. The maximum atomic E-state index is 12.4. The van der Waals surface area contributed by atoms with Gasteiger partial charge in [-0.3, -0.25) is 9.48 Å². The van der Waals surface area contributed by atoms with Crippen molar-refractivity contribution in [3.63, 3.8) is 0 Å². The fourth-order valence-corrected chi connectivity index (χ4v) is 2.53. The lowest BCUT2D eigenvalue weighted by atomic mass is 10.1. The van der Waals surface area contributed by atoms with Crippen LogP contribution in [0.2, 0.25) is 0 Å². The summed E-state index contributed by atoms with van der Waals surface area (Å²) in [6, 6.07) is 7.76. The van der Waals surface area contributed by atoms with Gasteiger partial charge in [-0.15, -0.1) is 0 Å². The molecule has 0 radical (unpaired) electrons. The van der Waals surface area contributed by atoms with E-state index >= 15 is 0 Å². The fraction of sp³-hybridized carbons (Fsp3) is 0.333. The Kier molecular flexibility index (Phi) is 3.28. The number of fused-ring (bicyclic) bond motifs is 1. The Morgan fingerprint density at radius 3 is 2.85 bits per heavy atom. The third-order valence-corrected chi connectivity index (χ3v) is 3.64. The minimum Gasteiger partial charge on any atom is -0.321 e. The van der Waals surface area contributed by atoms with Crippen molar-refractivity contribution >= 4 is 11.6 Å². The van der Waals surface area contributed by atoms with Crippen LogP contribution < -0.4 is 10.6 Å². The predicted molar refractivity (Wildman–Crippen MR) is 77.8 cm³/mol.